The molecule has 1 rings (SSSR count). The Hall–Kier alpha value is 0.240. The maximum absolute atomic E-state index is 5.93. The van der Waals surface area contributed by atoms with Gasteiger partial charge in [0.25, 0.3) is 0 Å². The first-order valence-electron chi connectivity index (χ1n) is 3.85. The molecule has 0 saturated heterocycles. The molecule has 4 heteroatoms. The van der Waals surface area contributed by atoms with Crippen molar-refractivity contribution < 1.29 is 0 Å². The van der Waals surface area contributed by atoms with Crippen molar-refractivity contribution >= 4 is 34.5 Å². The van der Waals surface area contributed by atoms with Crippen LogP contribution in [0.15, 0.2) is 6.07 Å². The number of hydrogen-bond acceptors (Lipinski definition) is 2. The SMILES string of the molecule is CCCC(N)c1cc(Cl)sc1Cl. The van der Waals surface area contributed by atoms with Crippen LogP contribution in [0, 0.1) is 0 Å². The summed E-state index contributed by atoms with van der Waals surface area (Å²) in [5.41, 5.74) is 6.86. The Balaban J connectivity index is 2.79. The van der Waals surface area contributed by atoms with E-state index in [4.69, 9.17) is 28.9 Å². The number of nitrogens with two attached hydrogens (primary N) is 1. The number of thiophene rings is 1. The van der Waals surface area contributed by atoms with Crippen molar-refractivity contribution in [1.82, 2.24) is 0 Å². The molecule has 0 amide bonds. The van der Waals surface area contributed by atoms with Gasteiger partial charge in [0.15, 0.2) is 0 Å². The zero-order valence-electron chi connectivity index (χ0n) is 6.81. The Morgan fingerprint density at radius 1 is 1.58 bits per heavy atom. The van der Waals surface area contributed by atoms with Gasteiger partial charge in [0.1, 0.15) is 0 Å². The molecule has 0 radical (unpaired) electrons. The van der Waals surface area contributed by atoms with E-state index in [1.807, 2.05) is 6.07 Å². The van der Waals surface area contributed by atoms with Crippen LogP contribution >= 0.6 is 34.5 Å². The van der Waals surface area contributed by atoms with Gasteiger partial charge in [-0.25, -0.2) is 0 Å². The second-order valence-electron chi connectivity index (χ2n) is 2.67. The highest BCUT2D eigenvalue weighted by atomic mass is 35.5. The molecular formula is C8H11Cl2NS. The molecule has 0 bridgehead atoms. The molecule has 1 aromatic heterocycles. The van der Waals surface area contributed by atoms with Crippen LogP contribution in [0.2, 0.25) is 8.67 Å². The molecule has 0 saturated carbocycles. The van der Waals surface area contributed by atoms with Crippen LogP contribution in [0.25, 0.3) is 0 Å². The van der Waals surface area contributed by atoms with Gasteiger partial charge in [-0.15, -0.1) is 11.3 Å². The molecule has 0 aliphatic carbocycles. The van der Waals surface area contributed by atoms with E-state index in [1.165, 1.54) is 11.3 Å². The van der Waals surface area contributed by atoms with E-state index < -0.39 is 0 Å². The van der Waals surface area contributed by atoms with Crippen LogP contribution in [0.3, 0.4) is 0 Å². The number of rotatable bonds is 3. The normalized spacial score (nSPS) is 13.3. The zero-order chi connectivity index (χ0) is 9.14. The largest absolute Gasteiger partial charge is 0.324 e. The topological polar surface area (TPSA) is 26.0 Å². The first-order valence-corrected chi connectivity index (χ1v) is 5.42. The van der Waals surface area contributed by atoms with Crippen LogP contribution in [-0.4, -0.2) is 0 Å². The smallest absolute Gasteiger partial charge is 0.0991 e. The summed E-state index contributed by atoms with van der Waals surface area (Å²) in [6.45, 7) is 2.10. The van der Waals surface area contributed by atoms with E-state index in [1.54, 1.807) is 0 Å². The van der Waals surface area contributed by atoms with E-state index in [2.05, 4.69) is 6.92 Å². The summed E-state index contributed by atoms with van der Waals surface area (Å²) < 4.78 is 1.43. The minimum absolute atomic E-state index is 0.0336. The Morgan fingerprint density at radius 2 is 2.25 bits per heavy atom. The fraction of sp³-hybridized carbons (Fsp3) is 0.500. The molecule has 12 heavy (non-hydrogen) atoms. The third-order valence-electron chi connectivity index (χ3n) is 1.68. The standard InChI is InChI=1S/C8H11Cl2NS/c1-2-3-6(11)5-4-7(9)12-8(5)10/h4,6H,2-3,11H2,1H3. The maximum atomic E-state index is 5.93. The van der Waals surface area contributed by atoms with Crippen LogP contribution < -0.4 is 5.73 Å². The van der Waals surface area contributed by atoms with Gasteiger partial charge in [-0.2, -0.15) is 0 Å². The number of halogens is 2. The first-order chi connectivity index (χ1) is 5.65. The van der Waals surface area contributed by atoms with Crippen molar-refractivity contribution in [3.63, 3.8) is 0 Å². The summed E-state index contributed by atoms with van der Waals surface area (Å²) in [6.07, 6.45) is 2.01. The van der Waals surface area contributed by atoms with Gasteiger partial charge >= 0.3 is 0 Å². The fourth-order valence-corrected chi connectivity index (χ4v) is 2.67. The lowest BCUT2D eigenvalue weighted by Crippen LogP contribution is -2.08. The monoisotopic (exact) mass is 223 g/mol. The minimum atomic E-state index is 0.0336. The van der Waals surface area contributed by atoms with Gasteiger partial charge in [0.05, 0.1) is 8.67 Å². The Bertz CT molecular complexity index is 260. The maximum Gasteiger partial charge on any atom is 0.0991 e. The second-order valence-corrected chi connectivity index (χ2v) is 4.96. The Morgan fingerprint density at radius 3 is 2.67 bits per heavy atom. The van der Waals surface area contributed by atoms with Gasteiger partial charge in [-0.3, -0.25) is 0 Å². The molecule has 0 fully saturated rings. The summed E-state index contributed by atoms with van der Waals surface area (Å²) in [5.74, 6) is 0. The summed E-state index contributed by atoms with van der Waals surface area (Å²) in [5, 5.41) is 0. The summed E-state index contributed by atoms with van der Waals surface area (Å²) in [4.78, 5) is 0. The minimum Gasteiger partial charge on any atom is -0.324 e. The summed E-state index contributed by atoms with van der Waals surface area (Å²) in [6, 6.07) is 1.89. The van der Waals surface area contributed by atoms with E-state index in [9.17, 15) is 0 Å². The lowest BCUT2D eigenvalue weighted by molar-refractivity contribution is 0.640. The van der Waals surface area contributed by atoms with Crippen molar-refractivity contribution in [3.8, 4) is 0 Å². The van der Waals surface area contributed by atoms with E-state index in [-0.39, 0.29) is 6.04 Å². The molecule has 0 aliphatic heterocycles. The van der Waals surface area contributed by atoms with Gasteiger partial charge in [0.2, 0.25) is 0 Å². The van der Waals surface area contributed by atoms with E-state index >= 15 is 0 Å². The van der Waals surface area contributed by atoms with Crippen molar-refractivity contribution in [1.29, 1.82) is 0 Å². The third kappa shape index (κ3) is 2.36. The average Bonchev–Trinajstić information content (AvgIpc) is 2.30. The van der Waals surface area contributed by atoms with Crippen LogP contribution in [0.4, 0.5) is 0 Å². The molecule has 68 valence electrons. The molecule has 2 N–H and O–H groups in total. The van der Waals surface area contributed by atoms with E-state index in [0.717, 1.165) is 22.7 Å². The van der Waals surface area contributed by atoms with Crippen LogP contribution in [-0.2, 0) is 0 Å². The summed E-state index contributed by atoms with van der Waals surface area (Å²) >= 11 is 13.1. The van der Waals surface area contributed by atoms with Gasteiger partial charge in [0, 0.05) is 6.04 Å². The molecule has 1 atom stereocenters. The van der Waals surface area contributed by atoms with Gasteiger partial charge in [-0.05, 0) is 18.1 Å². The summed E-state index contributed by atoms with van der Waals surface area (Å²) in [7, 11) is 0. The quantitative estimate of drug-likeness (QED) is 0.828. The van der Waals surface area contributed by atoms with E-state index in [0.29, 0.717) is 4.34 Å². The van der Waals surface area contributed by atoms with Crippen molar-refractivity contribution in [2.75, 3.05) is 0 Å². The Kier molecular flexibility index (Phi) is 3.84. The first kappa shape index (κ1) is 10.3. The third-order valence-corrected chi connectivity index (χ3v) is 3.20. The molecular weight excluding hydrogens is 213 g/mol. The van der Waals surface area contributed by atoms with Crippen molar-refractivity contribution in [2.45, 2.75) is 25.8 Å². The number of hydrogen-bond donors (Lipinski definition) is 1. The molecule has 0 spiro atoms. The van der Waals surface area contributed by atoms with Crippen molar-refractivity contribution in [3.05, 3.63) is 20.3 Å². The Labute approximate surface area is 86.5 Å². The molecule has 1 aromatic rings. The van der Waals surface area contributed by atoms with Crippen molar-refractivity contribution in [2.24, 2.45) is 5.73 Å². The van der Waals surface area contributed by atoms with Crippen LogP contribution in [0.5, 0.6) is 0 Å². The zero-order valence-corrected chi connectivity index (χ0v) is 9.14. The van der Waals surface area contributed by atoms with Crippen LogP contribution in [0.1, 0.15) is 31.4 Å². The predicted molar refractivity (Wildman–Crippen MR) is 56.2 cm³/mol. The predicted octanol–water partition coefficient (Wildman–Crippen LogP) is 3.85. The highest BCUT2D eigenvalue weighted by Gasteiger charge is 2.12. The molecule has 1 nitrogen and oxygen atoms in total. The highest BCUT2D eigenvalue weighted by Crippen LogP contribution is 2.35. The second kappa shape index (κ2) is 4.47. The fourth-order valence-electron chi connectivity index (χ4n) is 1.07. The lowest BCUT2D eigenvalue weighted by atomic mass is 10.1. The molecule has 0 aromatic carbocycles. The molecule has 1 heterocycles. The average molecular weight is 224 g/mol. The lowest BCUT2D eigenvalue weighted by Gasteiger charge is -2.07. The van der Waals surface area contributed by atoms with Gasteiger partial charge in [-0.1, -0.05) is 36.5 Å². The molecule has 1 unspecified atom stereocenters. The van der Waals surface area contributed by atoms with Gasteiger partial charge < -0.3 is 5.73 Å². The molecule has 0 aliphatic rings. The highest BCUT2D eigenvalue weighted by molar-refractivity contribution is 7.20.